The van der Waals surface area contributed by atoms with Gasteiger partial charge in [0.15, 0.2) is 0 Å². The molecular formula is C13H19N3O7S. The van der Waals surface area contributed by atoms with Gasteiger partial charge >= 0.3 is 11.9 Å². The van der Waals surface area contributed by atoms with Crippen molar-refractivity contribution in [2.24, 2.45) is 5.73 Å². The topological polar surface area (TPSA) is 167 Å². The molecule has 11 heteroatoms. The van der Waals surface area contributed by atoms with Crippen LogP contribution in [0.25, 0.3) is 0 Å². The fraction of sp³-hybridized carbons (Fsp3) is 0.462. The zero-order chi connectivity index (χ0) is 18.7. The number of rotatable bonds is 11. The summed E-state index contributed by atoms with van der Waals surface area (Å²) in [5.41, 5.74) is 5.27. The quantitative estimate of drug-likeness (QED) is 0.163. The van der Waals surface area contributed by atoms with E-state index in [0.29, 0.717) is 6.29 Å². The normalized spacial score (nSPS) is 13.1. The number of nitrogens with zero attached hydrogens (tertiary/aromatic N) is 1. The van der Waals surface area contributed by atoms with Gasteiger partial charge in [0.1, 0.15) is 24.9 Å². The molecule has 0 spiro atoms. The fourth-order valence-electron chi connectivity index (χ4n) is 1.55. The van der Waals surface area contributed by atoms with Crippen molar-refractivity contribution < 1.29 is 34.2 Å². The third-order valence-electron chi connectivity index (χ3n) is 2.75. The number of hydrogen-bond donors (Lipinski definition) is 5. The minimum atomic E-state index is -1.31. The second kappa shape index (κ2) is 11.2. The Hall–Kier alpha value is -2.40. The number of carbonyl (C=O) groups excluding carboxylic acids is 3. The second-order valence-electron chi connectivity index (χ2n) is 4.62. The molecule has 0 aliphatic rings. The van der Waals surface area contributed by atoms with Crippen molar-refractivity contribution in [1.82, 2.24) is 10.2 Å². The minimum absolute atomic E-state index is 0.124. The van der Waals surface area contributed by atoms with Crippen LogP contribution >= 0.6 is 12.6 Å². The molecule has 10 nitrogen and oxygen atoms in total. The molecule has 2 unspecified atom stereocenters. The number of thiol groups is 1. The van der Waals surface area contributed by atoms with Gasteiger partial charge in [-0.25, -0.2) is 0 Å². The van der Waals surface area contributed by atoms with Crippen molar-refractivity contribution in [1.29, 1.82) is 0 Å². The SMILES string of the molecule is NC(CCC(=O)NC(CS)C(=O)N(C=CC=O)CC(=O)O)C(=O)O. The van der Waals surface area contributed by atoms with Gasteiger partial charge in [0.05, 0.1) is 0 Å². The summed E-state index contributed by atoms with van der Waals surface area (Å²) in [7, 11) is 0. The van der Waals surface area contributed by atoms with Crippen molar-refractivity contribution in [3.05, 3.63) is 12.3 Å². The molecule has 0 aromatic carbocycles. The average molecular weight is 361 g/mol. The molecule has 134 valence electrons. The van der Waals surface area contributed by atoms with Gasteiger partial charge in [0.25, 0.3) is 0 Å². The van der Waals surface area contributed by atoms with Crippen LogP contribution in [-0.2, 0) is 24.0 Å². The second-order valence-corrected chi connectivity index (χ2v) is 4.99. The lowest BCUT2D eigenvalue weighted by Crippen LogP contribution is -2.49. The maximum absolute atomic E-state index is 12.2. The summed E-state index contributed by atoms with van der Waals surface area (Å²) in [6.07, 6.45) is 1.92. The van der Waals surface area contributed by atoms with Gasteiger partial charge in [0, 0.05) is 18.4 Å². The van der Waals surface area contributed by atoms with Gasteiger partial charge in [-0.05, 0) is 12.5 Å². The number of aliphatic carboxylic acids is 2. The molecular weight excluding hydrogens is 342 g/mol. The van der Waals surface area contributed by atoms with Crippen LogP contribution in [0.5, 0.6) is 0 Å². The molecule has 0 radical (unpaired) electrons. The lowest BCUT2D eigenvalue weighted by molar-refractivity contribution is -0.143. The Balaban J connectivity index is 4.83. The van der Waals surface area contributed by atoms with Crippen molar-refractivity contribution >= 4 is 42.7 Å². The van der Waals surface area contributed by atoms with E-state index >= 15 is 0 Å². The van der Waals surface area contributed by atoms with Crippen LogP contribution in [0.15, 0.2) is 12.3 Å². The molecule has 0 saturated heterocycles. The van der Waals surface area contributed by atoms with Crippen LogP contribution in [0.4, 0.5) is 0 Å². The van der Waals surface area contributed by atoms with Crippen LogP contribution in [0, 0.1) is 0 Å². The first-order valence-corrected chi connectivity index (χ1v) is 7.39. The first-order valence-electron chi connectivity index (χ1n) is 6.75. The van der Waals surface area contributed by atoms with Gasteiger partial charge in [-0.1, -0.05) is 0 Å². The molecule has 0 aliphatic carbocycles. The Morgan fingerprint density at radius 2 is 1.88 bits per heavy atom. The largest absolute Gasteiger partial charge is 0.480 e. The van der Waals surface area contributed by atoms with E-state index in [4.69, 9.17) is 15.9 Å². The van der Waals surface area contributed by atoms with E-state index in [0.717, 1.165) is 17.2 Å². The maximum atomic E-state index is 12.2. The van der Waals surface area contributed by atoms with Crippen LogP contribution < -0.4 is 11.1 Å². The minimum Gasteiger partial charge on any atom is -0.480 e. The van der Waals surface area contributed by atoms with E-state index in [1.165, 1.54) is 0 Å². The molecule has 24 heavy (non-hydrogen) atoms. The predicted molar refractivity (Wildman–Crippen MR) is 85.2 cm³/mol. The summed E-state index contributed by atoms with van der Waals surface area (Å²) in [6.45, 7) is -0.701. The molecule has 0 aromatic rings. The number of carboxylic acid groups (broad SMARTS) is 2. The zero-order valence-electron chi connectivity index (χ0n) is 12.6. The van der Waals surface area contributed by atoms with Gasteiger partial charge in [-0.3, -0.25) is 24.0 Å². The molecule has 0 saturated carbocycles. The van der Waals surface area contributed by atoms with Gasteiger partial charge in [-0.2, -0.15) is 12.6 Å². The number of nitrogens with two attached hydrogens (primary N) is 1. The maximum Gasteiger partial charge on any atom is 0.323 e. The highest BCUT2D eigenvalue weighted by molar-refractivity contribution is 7.80. The first-order chi connectivity index (χ1) is 11.2. The average Bonchev–Trinajstić information content (AvgIpc) is 2.52. The lowest BCUT2D eigenvalue weighted by atomic mass is 10.1. The predicted octanol–water partition coefficient (Wildman–Crippen LogP) is -1.78. The molecule has 0 heterocycles. The van der Waals surface area contributed by atoms with Crippen LogP contribution in [-0.4, -0.2) is 69.5 Å². The molecule has 5 N–H and O–H groups in total. The molecule has 0 aromatic heterocycles. The van der Waals surface area contributed by atoms with Gasteiger partial charge in [-0.15, -0.1) is 0 Å². The molecule has 0 aliphatic heterocycles. The standard InChI is InChI=1S/C13H19N3O7S/c14-8(13(22)23)2-3-10(18)15-9(7-24)12(21)16(4-1-5-17)6-11(19)20/h1,4-5,8-9,24H,2-3,6-7,14H2,(H,15,18)(H,19,20)(H,22,23). The summed E-state index contributed by atoms with van der Waals surface area (Å²) >= 11 is 3.93. The zero-order valence-corrected chi connectivity index (χ0v) is 13.5. The summed E-state index contributed by atoms with van der Waals surface area (Å²) in [6, 6.07) is -2.35. The Morgan fingerprint density at radius 1 is 1.25 bits per heavy atom. The van der Waals surface area contributed by atoms with Crippen molar-refractivity contribution in [2.75, 3.05) is 12.3 Å². The summed E-state index contributed by atoms with van der Waals surface area (Å²) in [5.74, 6) is -4.09. The Kier molecular flexibility index (Phi) is 10.1. The summed E-state index contributed by atoms with van der Waals surface area (Å²) < 4.78 is 0. The van der Waals surface area contributed by atoms with Crippen LogP contribution in [0.3, 0.4) is 0 Å². The first kappa shape index (κ1) is 21.6. The van der Waals surface area contributed by atoms with E-state index in [2.05, 4.69) is 17.9 Å². The number of nitrogens with one attached hydrogen (secondary N) is 1. The number of carboxylic acids is 2. The fourth-order valence-corrected chi connectivity index (χ4v) is 1.80. The molecule has 2 atom stereocenters. The van der Waals surface area contributed by atoms with E-state index in [1.54, 1.807) is 0 Å². The van der Waals surface area contributed by atoms with Crippen molar-refractivity contribution in [2.45, 2.75) is 24.9 Å². The molecule has 0 fully saturated rings. The van der Waals surface area contributed by atoms with Gasteiger partial charge < -0.3 is 26.2 Å². The number of amides is 2. The third-order valence-corrected chi connectivity index (χ3v) is 3.11. The molecule has 0 bridgehead atoms. The number of allylic oxidation sites excluding steroid dienone is 1. The summed E-state index contributed by atoms with van der Waals surface area (Å²) in [5, 5.41) is 19.7. The lowest BCUT2D eigenvalue weighted by Gasteiger charge is -2.23. The van der Waals surface area contributed by atoms with Gasteiger partial charge in [0.2, 0.25) is 11.8 Å². The van der Waals surface area contributed by atoms with Crippen molar-refractivity contribution in [3.8, 4) is 0 Å². The third kappa shape index (κ3) is 8.29. The highest BCUT2D eigenvalue weighted by atomic mass is 32.1. The Morgan fingerprint density at radius 3 is 2.33 bits per heavy atom. The highest BCUT2D eigenvalue weighted by Crippen LogP contribution is 2.02. The van der Waals surface area contributed by atoms with E-state index < -0.39 is 42.4 Å². The van der Waals surface area contributed by atoms with E-state index in [9.17, 15) is 24.0 Å². The van der Waals surface area contributed by atoms with Crippen molar-refractivity contribution in [3.63, 3.8) is 0 Å². The van der Waals surface area contributed by atoms with Crippen LogP contribution in [0.1, 0.15) is 12.8 Å². The smallest absolute Gasteiger partial charge is 0.323 e. The number of aldehydes is 1. The number of carbonyl (C=O) groups is 5. The molecule has 0 rings (SSSR count). The van der Waals surface area contributed by atoms with E-state index in [-0.39, 0.29) is 18.6 Å². The Bertz CT molecular complexity index is 524. The van der Waals surface area contributed by atoms with Crippen LogP contribution in [0.2, 0.25) is 0 Å². The molecule has 2 amide bonds. The van der Waals surface area contributed by atoms with E-state index in [1.807, 2.05) is 0 Å². The monoisotopic (exact) mass is 361 g/mol. The summed E-state index contributed by atoms with van der Waals surface area (Å²) in [4.78, 5) is 56.4. The number of hydrogen-bond acceptors (Lipinski definition) is 7. The Labute approximate surface area is 143 Å². The highest BCUT2D eigenvalue weighted by Gasteiger charge is 2.25.